The van der Waals surface area contributed by atoms with Crippen LogP contribution in [-0.2, 0) is 16.1 Å². The highest BCUT2D eigenvalue weighted by atomic mass is 35.5. The van der Waals surface area contributed by atoms with Gasteiger partial charge in [0.05, 0.1) is 13.2 Å². The van der Waals surface area contributed by atoms with Gasteiger partial charge in [0, 0.05) is 42.6 Å². The van der Waals surface area contributed by atoms with Gasteiger partial charge in [0.1, 0.15) is 0 Å². The van der Waals surface area contributed by atoms with Crippen LogP contribution >= 0.6 is 23.2 Å². The van der Waals surface area contributed by atoms with Crippen molar-refractivity contribution in [3.63, 3.8) is 0 Å². The Labute approximate surface area is 129 Å². The number of nitrogens with one attached hydrogen (secondary N) is 1. The van der Waals surface area contributed by atoms with Gasteiger partial charge in [0.15, 0.2) is 0 Å². The summed E-state index contributed by atoms with van der Waals surface area (Å²) in [5, 5.41) is 4.43. The largest absolute Gasteiger partial charge is 0.378 e. The molecule has 6 heteroatoms. The molecule has 0 saturated carbocycles. The summed E-state index contributed by atoms with van der Waals surface area (Å²) in [6, 6.07) is 5.41. The molecular weight excluding hydrogens is 299 g/mol. The maximum Gasteiger partial charge on any atom is 0.224 e. The fourth-order valence-electron chi connectivity index (χ4n) is 2.18. The van der Waals surface area contributed by atoms with E-state index in [0.717, 1.165) is 12.1 Å². The highest BCUT2D eigenvalue weighted by Crippen LogP contribution is 2.20. The summed E-state index contributed by atoms with van der Waals surface area (Å²) >= 11 is 11.9. The fraction of sp³-hybridized carbons (Fsp3) is 0.500. The van der Waals surface area contributed by atoms with Gasteiger partial charge in [-0.15, -0.1) is 0 Å². The van der Waals surface area contributed by atoms with E-state index in [1.807, 2.05) is 12.1 Å². The first kappa shape index (κ1) is 15.6. The molecule has 0 aromatic heterocycles. The van der Waals surface area contributed by atoms with Crippen LogP contribution in [0.2, 0.25) is 10.0 Å². The number of hydrogen-bond donors (Lipinski definition) is 1. The zero-order chi connectivity index (χ0) is 14.5. The minimum absolute atomic E-state index is 0.0732. The molecule has 1 unspecified atom stereocenters. The Balaban J connectivity index is 1.89. The van der Waals surface area contributed by atoms with Crippen LogP contribution in [0.15, 0.2) is 18.2 Å². The van der Waals surface area contributed by atoms with Crippen molar-refractivity contribution >= 4 is 29.1 Å². The van der Waals surface area contributed by atoms with Crippen molar-refractivity contribution < 1.29 is 9.53 Å². The molecule has 110 valence electrons. The third-order valence-electron chi connectivity index (χ3n) is 3.19. The standard InChI is InChI=1S/C14H18Cl2N2O2/c1-18(8-10-4-11(15)6-12(16)5-10)14(19)7-13-9-20-3-2-17-13/h4-6,13,17H,2-3,7-9H2,1H3. The van der Waals surface area contributed by atoms with Crippen molar-refractivity contribution in [3.05, 3.63) is 33.8 Å². The van der Waals surface area contributed by atoms with E-state index in [1.54, 1.807) is 18.0 Å². The van der Waals surface area contributed by atoms with Crippen molar-refractivity contribution in [1.82, 2.24) is 10.2 Å². The van der Waals surface area contributed by atoms with E-state index in [9.17, 15) is 4.79 Å². The third kappa shape index (κ3) is 4.63. The Morgan fingerprint density at radius 2 is 2.10 bits per heavy atom. The number of benzene rings is 1. The molecule has 20 heavy (non-hydrogen) atoms. The summed E-state index contributed by atoms with van der Waals surface area (Å²) in [6.45, 7) is 2.59. The monoisotopic (exact) mass is 316 g/mol. The summed E-state index contributed by atoms with van der Waals surface area (Å²) in [6.07, 6.45) is 0.435. The van der Waals surface area contributed by atoms with Crippen molar-refractivity contribution in [3.8, 4) is 0 Å². The van der Waals surface area contributed by atoms with Crippen LogP contribution in [0.3, 0.4) is 0 Å². The lowest BCUT2D eigenvalue weighted by atomic mass is 10.1. The van der Waals surface area contributed by atoms with Crippen molar-refractivity contribution in [2.24, 2.45) is 0 Å². The Bertz CT molecular complexity index is 456. The number of rotatable bonds is 4. The fourth-order valence-corrected chi connectivity index (χ4v) is 2.75. The van der Waals surface area contributed by atoms with Gasteiger partial charge in [-0.3, -0.25) is 4.79 Å². The van der Waals surface area contributed by atoms with Gasteiger partial charge in [-0.05, 0) is 23.8 Å². The van der Waals surface area contributed by atoms with E-state index in [4.69, 9.17) is 27.9 Å². The predicted octanol–water partition coefficient (Wildman–Crippen LogP) is 2.33. The molecule has 4 nitrogen and oxygen atoms in total. The first-order valence-corrected chi connectivity index (χ1v) is 7.30. The molecule has 2 rings (SSSR count). The van der Waals surface area contributed by atoms with Crippen LogP contribution in [-0.4, -0.2) is 43.7 Å². The maximum atomic E-state index is 12.1. The molecule has 1 heterocycles. The number of carbonyl (C=O) groups excluding carboxylic acids is 1. The number of hydrogen-bond acceptors (Lipinski definition) is 3. The van der Waals surface area contributed by atoms with Gasteiger partial charge < -0.3 is 15.0 Å². The lowest BCUT2D eigenvalue weighted by molar-refractivity contribution is -0.131. The molecule has 1 N–H and O–H groups in total. The molecular formula is C14H18Cl2N2O2. The van der Waals surface area contributed by atoms with Crippen LogP contribution < -0.4 is 5.32 Å². The van der Waals surface area contributed by atoms with Crippen molar-refractivity contribution in [1.29, 1.82) is 0 Å². The number of ether oxygens (including phenoxy) is 1. The Morgan fingerprint density at radius 1 is 1.40 bits per heavy atom. The van der Waals surface area contributed by atoms with E-state index in [1.165, 1.54) is 0 Å². The van der Waals surface area contributed by atoms with Crippen molar-refractivity contribution in [2.45, 2.75) is 19.0 Å². The van der Waals surface area contributed by atoms with Gasteiger partial charge in [-0.25, -0.2) is 0 Å². The maximum absolute atomic E-state index is 12.1. The average Bonchev–Trinajstić information content (AvgIpc) is 2.38. The zero-order valence-electron chi connectivity index (χ0n) is 11.4. The summed E-state index contributed by atoms with van der Waals surface area (Å²) in [7, 11) is 1.78. The van der Waals surface area contributed by atoms with Crippen LogP contribution in [0.5, 0.6) is 0 Å². The van der Waals surface area contributed by atoms with E-state index >= 15 is 0 Å². The minimum Gasteiger partial charge on any atom is -0.378 e. The summed E-state index contributed by atoms with van der Waals surface area (Å²) in [5.41, 5.74) is 0.922. The smallest absolute Gasteiger partial charge is 0.224 e. The molecule has 1 aliphatic heterocycles. The first-order chi connectivity index (χ1) is 9.54. The van der Waals surface area contributed by atoms with Crippen LogP contribution in [0, 0.1) is 0 Å². The summed E-state index contributed by atoms with van der Waals surface area (Å²) < 4.78 is 5.34. The second-order valence-corrected chi connectivity index (χ2v) is 5.83. The number of carbonyl (C=O) groups is 1. The van der Waals surface area contributed by atoms with Crippen LogP contribution in [0.25, 0.3) is 0 Å². The summed E-state index contributed by atoms with van der Waals surface area (Å²) in [4.78, 5) is 13.8. The third-order valence-corrected chi connectivity index (χ3v) is 3.62. The van der Waals surface area contributed by atoms with E-state index in [0.29, 0.717) is 36.2 Å². The van der Waals surface area contributed by atoms with Gasteiger partial charge in [0.2, 0.25) is 5.91 Å². The van der Waals surface area contributed by atoms with E-state index in [-0.39, 0.29) is 11.9 Å². The lowest BCUT2D eigenvalue weighted by Crippen LogP contribution is -2.44. The number of nitrogens with zero attached hydrogens (tertiary/aromatic N) is 1. The van der Waals surface area contributed by atoms with Gasteiger partial charge in [-0.2, -0.15) is 0 Å². The molecule has 1 aromatic rings. The van der Waals surface area contributed by atoms with E-state index < -0.39 is 0 Å². The Morgan fingerprint density at radius 3 is 2.70 bits per heavy atom. The molecule has 1 saturated heterocycles. The lowest BCUT2D eigenvalue weighted by Gasteiger charge is -2.25. The Kier molecular flexibility index (Phi) is 5.66. The van der Waals surface area contributed by atoms with Crippen LogP contribution in [0.1, 0.15) is 12.0 Å². The summed E-state index contributed by atoms with van der Waals surface area (Å²) in [5.74, 6) is 0.0732. The molecule has 1 amide bonds. The quantitative estimate of drug-likeness (QED) is 0.927. The first-order valence-electron chi connectivity index (χ1n) is 6.54. The molecule has 1 atom stereocenters. The second kappa shape index (κ2) is 7.27. The normalized spacial score (nSPS) is 18.9. The highest BCUT2D eigenvalue weighted by molar-refractivity contribution is 6.34. The average molecular weight is 317 g/mol. The minimum atomic E-state index is 0.0732. The van der Waals surface area contributed by atoms with Crippen molar-refractivity contribution in [2.75, 3.05) is 26.8 Å². The number of amides is 1. The second-order valence-electron chi connectivity index (χ2n) is 4.96. The molecule has 0 aliphatic carbocycles. The topological polar surface area (TPSA) is 41.6 Å². The molecule has 0 bridgehead atoms. The molecule has 1 aliphatic rings. The SMILES string of the molecule is CN(Cc1cc(Cl)cc(Cl)c1)C(=O)CC1COCCN1. The Hall–Kier alpha value is -0.810. The van der Waals surface area contributed by atoms with Gasteiger partial charge in [0.25, 0.3) is 0 Å². The van der Waals surface area contributed by atoms with Crippen LogP contribution in [0.4, 0.5) is 0 Å². The predicted molar refractivity (Wildman–Crippen MR) is 80.2 cm³/mol. The molecule has 0 radical (unpaired) electrons. The van der Waals surface area contributed by atoms with Gasteiger partial charge >= 0.3 is 0 Å². The zero-order valence-corrected chi connectivity index (χ0v) is 12.9. The molecule has 1 fully saturated rings. The number of halogens is 2. The van der Waals surface area contributed by atoms with E-state index in [2.05, 4.69) is 5.32 Å². The highest BCUT2D eigenvalue weighted by Gasteiger charge is 2.19. The van der Waals surface area contributed by atoms with Gasteiger partial charge in [-0.1, -0.05) is 23.2 Å². The molecule has 1 aromatic carbocycles. The number of morpholine rings is 1. The molecule has 0 spiro atoms.